The second-order valence-corrected chi connectivity index (χ2v) is 6.99. The van der Waals surface area contributed by atoms with Crippen LogP contribution in [-0.2, 0) is 14.3 Å². The Hall–Kier alpha value is -1.09. The lowest BCUT2D eigenvalue weighted by molar-refractivity contribution is -0.142. The Morgan fingerprint density at radius 2 is 2.10 bits per heavy atom. The zero-order chi connectivity index (χ0) is 15.0. The van der Waals surface area contributed by atoms with Crippen molar-refractivity contribution >= 4 is 5.97 Å². The average Bonchev–Trinajstić information content (AvgIpc) is 2.92. The van der Waals surface area contributed by atoms with Gasteiger partial charge in [0.15, 0.2) is 0 Å². The number of hydrogen-bond donors (Lipinski definition) is 0. The van der Waals surface area contributed by atoms with Gasteiger partial charge < -0.3 is 9.47 Å². The first kappa shape index (κ1) is 15.3. The van der Waals surface area contributed by atoms with Crippen LogP contribution in [0.1, 0.15) is 53.9 Å². The second-order valence-electron chi connectivity index (χ2n) is 6.99. The van der Waals surface area contributed by atoms with E-state index in [9.17, 15) is 4.79 Å². The molecule has 1 aliphatic heterocycles. The van der Waals surface area contributed by atoms with Crippen molar-refractivity contribution in [3.05, 3.63) is 23.8 Å². The van der Waals surface area contributed by atoms with Gasteiger partial charge in [0.1, 0.15) is 6.10 Å². The maximum absolute atomic E-state index is 11.2. The zero-order valence-electron chi connectivity index (χ0n) is 13.2. The van der Waals surface area contributed by atoms with Crippen LogP contribution < -0.4 is 0 Å². The Labute approximate surface area is 122 Å². The largest absolute Gasteiger partial charge is 0.454 e. The Morgan fingerprint density at radius 3 is 2.75 bits per heavy atom. The van der Waals surface area contributed by atoms with E-state index in [2.05, 4.69) is 32.9 Å². The standard InChI is InChI=1S/C17H26O3/c1-12-7-6-9-17(5)15(20-17)11-16(3,4)10-8-14(12)19-13(2)18/h7-8,10,14-15H,6,9,11H2,1-5H3/b10-8+,12-7+/t14-,15+,17+/m1/s1. The molecule has 0 N–H and O–H groups in total. The van der Waals surface area contributed by atoms with E-state index < -0.39 is 0 Å². The van der Waals surface area contributed by atoms with E-state index in [1.807, 2.05) is 13.0 Å². The molecule has 2 rings (SSSR count). The van der Waals surface area contributed by atoms with Gasteiger partial charge in [0.05, 0.1) is 11.7 Å². The van der Waals surface area contributed by atoms with Crippen LogP contribution in [0, 0.1) is 5.41 Å². The molecule has 112 valence electrons. The number of fused-ring (bicyclic) bond motifs is 1. The van der Waals surface area contributed by atoms with Gasteiger partial charge in [-0.1, -0.05) is 26.0 Å². The first-order valence-electron chi connectivity index (χ1n) is 7.43. The third-order valence-corrected chi connectivity index (χ3v) is 4.32. The quantitative estimate of drug-likeness (QED) is 0.416. The lowest BCUT2D eigenvalue weighted by Gasteiger charge is -2.21. The van der Waals surface area contributed by atoms with Crippen molar-refractivity contribution in [1.82, 2.24) is 0 Å². The molecule has 20 heavy (non-hydrogen) atoms. The van der Waals surface area contributed by atoms with Crippen LogP contribution in [0.25, 0.3) is 0 Å². The molecule has 0 aromatic heterocycles. The summed E-state index contributed by atoms with van der Waals surface area (Å²) in [5.41, 5.74) is 1.17. The summed E-state index contributed by atoms with van der Waals surface area (Å²) < 4.78 is 11.3. The van der Waals surface area contributed by atoms with Gasteiger partial charge in [-0.05, 0) is 50.2 Å². The van der Waals surface area contributed by atoms with Gasteiger partial charge in [-0.2, -0.15) is 0 Å². The number of epoxide rings is 1. The first-order valence-corrected chi connectivity index (χ1v) is 7.43. The van der Waals surface area contributed by atoms with Gasteiger partial charge in [0.25, 0.3) is 0 Å². The molecule has 3 atom stereocenters. The number of ether oxygens (including phenoxy) is 2. The summed E-state index contributed by atoms with van der Waals surface area (Å²) in [5, 5.41) is 0. The molecule has 0 radical (unpaired) electrons. The summed E-state index contributed by atoms with van der Waals surface area (Å²) in [6.07, 6.45) is 9.44. The Balaban J connectivity index is 2.21. The van der Waals surface area contributed by atoms with Crippen LogP contribution in [0.2, 0.25) is 0 Å². The summed E-state index contributed by atoms with van der Waals surface area (Å²) in [6, 6.07) is 0. The second kappa shape index (κ2) is 5.36. The minimum atomic E-state index is -0.241. The van der Waals surface area contributed by atoms with E-state index in [-0.39, 0.29) is 23.1 Å². The molecule has 1 heterocycles. The van der Waals surface area contributed by atoms with Gasteiger partial charge in [0, 0.05) is 6.92 Å². The van der Waals surface area contributed by atoms with Crippen LogP contribution in [0.5, 0.6) is 0 Å². The molecule has 0 aromatic rings. The highest BCUT2D eigenvalue weighted by Gasteiger charge is 2.52. The summed E-state index contributed by atoms with van der Waals surface area (Å²) in [5.74, 6) is -0.238. The SMILES string of the molecule is CC(=O)O[C@@H]1/C=C/C(C)(C)C[C@@H]2O[C@@]2(C)CC/C=C/1C. The van der Waals surface area contributed by atoms with Gasteiger partial charge in [0.2, 0.25) is 0 Å². The van der Waals surface area contributed by atoms with Crippen LogP contribution in [0.4, 0.5) is 0 Å². The molecular weight excluding hydrogens is 252 g/mol. The fourth-order valence-corrected chi connectivity index (χ4v) is 2.83. The lowest BCUT2D eigenvalue weighted by Crippen LogP contribution is -2.18. The molecule has 1 fully saturated rings. The molecular formula is C17H26O3. The van der Waals surface area contributed by atoms with E-state index in [1.54, 1.807) is 0 Å². The number of hydrogen-bond acceptors (Lipinski definition) is 3. The van der Waals surface area contributed by atoms with E-state index >= 15 is 0 Å². The molecule has 0 aromatic carbocycles. The van der Waals surface area contributed by atoms with Crippen molar-refractivity contribution < 1.29 is 14.3 Å². The topological polar surface area (TPSA) is 38.8 Å². The van der Waals surface area contributed by atoms with E-state index in [0.717, 1.165) is 24.8 Å². The van der Waals surface area contributed by atoms with Crippen molar-refractivity contribution in [3.8, 4) is 0 Å². The molecule has 0 amide bonds. The molecule has 2 aliphatic rings. The maximum Gasteiger partial charge on any atom is 0.303 e. The van der Waals surface area contributed by atoms with Crippen LogP contribution >= 0.6 is 0 Å². The first-order chi connectivity index (χ1) is 9.22. The summed E-state index contributed by atoms with van der Waals surface area (Å²) >= 11 is 0. The monoisotopic (exact) mass is 278 g/mol. The number of rotatable bonds is 1. The predicted octanol–water partition coefficient (Wildman–Crippen LogP) is 3.79. The van der Waals surface area contributed by atoms with Crippen LogP contribution in [0.15, 0.2) is 23.8 Å². The molecule has 0 bridgehead atoms. The summed E-state index contributed by atoms with van der Waals surface area (Å²) in [6.45, 7) is 10.1. The number of carbonyl (C=O) groups is 1. The predicted molar refractivity (Wildman–Crippen MR) is 79.4 cm³/mol. The highest BCUT2D eigenvalue weighted by Crippen LogP contribution is 2.47. The molecule has 0 saturated carbocycles. The van der Waals surface area contributed by atoms with E-state index in [1.165, 1.54) is 6.92 Å². The van der Waals surface area contributed by atoms with Crippen molar-refractivity contribution in [2.45, 2.75) is 71.7 Å². The fraction of sp³-hybridized carbons (Fsp3) is 0.706. The molecule has 0 spiro atoms. The maximum atomic E-state index is 11.2. The molecule has 3 heteroatoms. The van der Waals surface area contributed by atoms with Gasteiger partial charge >= 0.3 is 5.97 Å². The third-order valence-electron chi connectivity index (χ3n) is 4.32. The zero-order valence-corrected chi connectivity index (χ0v) is 13.2. The minimum Gasteiger partial charge on any atom is -0.454 e. The van der Waals surface area contributed by atoms with Crippen LogP contribution in [-0.4, -0.2) is 23.8 Å². The lowest BCUT2D eigenvalue weighted by atomic mass is 9.83. The number of esters is 1. The fourth-order valence-electron chi connectivity index (χ4n) is 2.83. The molecule has 1 saturated heterocycles. The average molecular weight is 278 g/mol. The van der Waals surface area contributed by atoms with Gasteiger partial charge in [-0.15, -0.1) is 0 Å². The Bertz CT molecular complexity index is 447. The van der Waals surface area contributed by atoms with Gasteiger partial charge in [-0.25, -0.2) is 0 Å². The van der Waals surface area contributed by atoms with Crippen molar-refractivity contribution in [2.24, 2.45) is 5.41 Å². The van der Waals surface area contributed by atoms with Gasteiger partial charge in [-0.3, -0.25) is 4.79 Å². The highest BCUT2D eigenvalue weighted by atomic mass is 16.6. The van der Waals surface area contributed by atoms with Crippen LogP contribution in [0.3, 0.4) is 0 Å². The smallest absolute Gasteiger partial charge is 0.303 e. The highest BCUT2D eigenvalue weighted by molar-refractivity contribution is 5.66. The summed E-state index contributed by atoms with van der Waals surface area (Å²) in [7, 11) is 0. The third kappa shape index (κ3) is 3.72. The number of carbonyl (C=O) groups excluding carboxylic acids is 1. The Kier molecular flexibility index (Phi) is 4.10. The minimum absolute atomic E-state index is 0.0309. The normalized spacial score (nSPS) is 40.5. The Morgan fingerprint density at radius 1 is 1.40 bits per heavy atom. The molecule has 1 aliphatic carbocycles. The number of allylic oxidation sites excluding steroid dienone is 2. The van der Waals surface area contributed by atoms with Crippen molar-refractivity contribution in [1.29, 1.82) is 0 Å². The molecule has 0 unspecified atom stereocenters. The summed E-state index contributed by atoms with van der Waals surface area (Å²) in [4.78, 5) is 11.2. The molecule has 3 nitrogen and oxygen atoms in total. The van der Waals surface area contributed by atoms with E-state index in [4.69, 9.17) is 9.47 Å². The van der Waals surface area contributed by atoms with Crippen molar-refractivity contribution in [3.63, 3.8) is 0 Å². The van der Waals surface area contributed by atoms with E-state index in [0.29, 0.717) is 6.10 Å². The van der Waals surface area contributed by atoms with Crippen molar-refractivity contribution in [2.75, 3.05) is 0 Å².